The quantitative estimate of drug-likeness (QED) is 0.271. The molecule has 1 aliphatic rings. The molecule has 0 N–H and O–H groups in total. The lowest BCUT2D eigenvalue weighted by Crippen LogP contribution is -2.28. The highest BCUT2D eigenvalue weighted by molar-refractivity contribution is 6.76. The van der Waals surface area contributed by atoms with E-state index in [0.29, 0.717) is 6.42 Å². The van der Waals surface area contributed by atoms with Crippen LogP contribution < -0.4 is 0 Å². The molecule has 3 atom stereocenters. The Labute approximate surface area is 136 Å². The van der Waals surface area contributed by atoms with Crippen LogP contribution in [0.3, 0.4) is 0 Å². The van der Waals surface area contributed by atoms with Crippen molar-refractivity contribution >= 4 is 14.0 Å². The molecule has 0 radical (unpaired) electrons. The maximum absolute atomic E-state index is 11.1. The lowest BCUT2D eigenvalue weighted by atomic mass is 9.92. The van der Waals surface area contributed by atoms with E-state index in [-0.39, 0.29) is 23.8 Å². The molecule has 0 amide bonds. The van der Waals surface area contributed by atoms with Crippen molar-refractivity contribution in [1.82, 2.24) is 0 Å². The third kappa shape index (κ3) is 7.56. The van der Waals surface area contributed by atoms with Crippen LogP contribution in [-0.2, 0) is 19.3 Å². The van der Waals surface area contributed by atoms with Crippen molar-refractivity contribution in [2.45, 2.75) is 89.4 Å². The Bertz CT molecular complexity index is 377. The van der Waals surface area contributed by atoms with Crippen molar-refractivity contribution in [2.24, 2.45) is 0 Å². The van der Waals surface area contributed by atoms with Crippen LogP contribution in [0.5, 0.6) is 0 Å². The van der Waals surface area contributed by atoms with E-state index in [1.165, 1.54) is 6.92 Å². The van der Waals surface area contributed by atoms with E-state index in [4.69, 9.17) is 14.5 Å². The summed E-state index contributed by atoms with van der Waals surface area (Å²) < 4.78 is 5.30. The molecule has 1 aliphatic heterocycles. The Kier molecular flexibility index (Phi) is 7.29. The zero-order valence-corrected chi connectivity index (χ0v) is 15.8. The van der Waals surface area contributed by atoms with E-state index in [2.05, 4.69) is 33.1 Å². The van der Waals surface area contributed by atoms with Gasteiger partial charge in [-0.05, 0) is 32.2 Å². The van der Waals surface area contributed by atoms with Gasteiger partial charge in [0, 0.05) is 27.8 Å². The van der Waals surface area contributed by atoms with Gasteiger partial charge in [-0.15, -0.1) is 6.58 Å². The summed E-state index contributed by atoms with van der Waals surface area (Å²) >= 11 is 0. The second kappa shape index (κ2) is 8.27. The molecule has 0 aliphatic carbocycles. The van der Waals surface area contributed by atoms with Gasteiger partial charge in [0.25, 0.3) is 0 Å². The van der Waals surface area contributed by atoms with Gasteiger partial charge >= 0.3 is 5.97 Å². The summed E-state index contributed by atoms with van der Waals surface area (Å²) in [4.78, 5) is 22.3. The highest BCUT2D eigenvalue weighted by atomic mass is 28.3. The van der Waals surface area contributed by atoms with Gasteiger partial charge in [-0.25, -0.2) is 9.78 Å². The number of esters is 1. The summed E-state index contributed by atoms with van der Waals surface area (Å²) in [6.07, 6.45) is 6.32. The van der Waals surface area contributed by atoms with Crippen LogP contribution in [0.1, 0.15) is 46.0 Å². The van der Waals surface area contributed by atoms with E-state index in [0.717, 1.165) is 31.7 Å². The first-order valence-electron chi connectivity index (χ1n) is 8.26. The van der Waals surface area contributed by atoms with Crippen LogP contribution in [0.2, 0.25) is 25.7 Å². The topological polar surface area (TPSA) is 44.8 Å². The average molecular weight is 329 g/mol. The standard InChI is InChI=1S/C17H32O4Si/c1-7-9-15(19-14(2)18)10-8-11-17(3)12-16(20-21-17)13-22(4,5)6/h7,15-16H,1,8-13H2,2-6H3. The SMILES string of the molecule is C=CCC(CCCC1(C)CC(C[Si](C)(C)C)OO1)OC(C)=O. The highest BCUT2D eigenvalue weighted by Crippen LogP contribution is 2.36. The molecule has 1 rings (SSSR count). The fourth-order valence-electron chi connectivity index (χ4n) is 3.02. The highest BCUT2D eigenvalue weighted by Gasteiger charge is 2.39. The summed E-state index contributed by atoms with van der Waals surface area (Å²) in [6.45, 7) is 14.3. The van der Waals surface area contributed by atoms with Gasteiger partial charge in [0.2, 0.25) is 0 Å². The molecule has 0 aromatic rings. The van der Waals surface area contributed by atoms with Crippen LogP contribution >= 0.6 is 0 Å². The summed E-state index contributed by atoms with van der Waals surface area (Å²) in [5, 5.41) is 0. The Morgan fingerprint density at radius 3 is 2.73 bits per heavy atom. The number of hydrogen-bond acceptors (Lipinski definition) is 4. The van der Waals surface area contributed by atoms with E-state index in [1.807, 2.05) is 0 Å². The van der Waals surface area contributed by atoms with Crippen molar-refractivity contribution in [2.75, 3.05) is 0 Å². The summed E-state index contributed by atoms with van der Waals surface area (Å²) in [5.41, 5.74) is -0.209. The van der Waals surface area contributed by atoms with Crippen LogP contribution in [0.15, 0.2) is 12.7 Å². The minimum Gasteiger partial charge on any atom is -0.462 e. The molecule has 5 heteroatoms. The van der Waals surface area contributed by atoms with E-state index >= 15 is 0 Å². The molecule has 22 heavy (non-hydrogen) atoms. The Balaban J connectivity index is 2.37. The van der Waals surface area contributed by atoms with E-state index in [1.54, 1.807) is 6.08 Å². The average Bonchev–Trinajstić information content (AvgIpc) is 2.68. The number of hydrogen-bond donors (Lipinski definition) is 0. The first kappa shape index (κ1) is 19.4. The second-order valence-corrected chi connectivity index (χ2v) is 13.4. The molecule has 1 saturated heterocycles. The van der Waals surface area contributed by atoms with Gasteiger partial charge in [-0.2, -0.15) is 0 Å². The first-order chi connectivity index (χ1) is 10.1. The maximum atomic E-state index is 11.1. The minimum absolute atomic E-state index is 0.0706. The van der Waals surface area contributed by atoms with Crippen LogP contribution in [0.25, 0.3) is 0 Å². The summed E-state index contributed by atoms with van der Waals surface area (Å²) in [7, 11) is -1.14. The third-order valence-corrected chi connectivity index (χ3v) is 5.56. The van der Waals surface area contributed by atoms with Gasteiger partial charge in [-0.1, -0.05) is 25.7 Å². The van der Waals surface area contributed by atoms with Gasteiger partial charge in [-0.3, -0.25) is 4.79 Å². The Hall–Kier alpha value is -0.653. The molecule has 0 aromatic heterocycles. The molecule has 0 bridgehead atoms. The maximum Gasteiger partial charge on any atom is 0.302 e. The van der Waals surface area contributed by atoms with Gasteiger partial charge in [0.05, 0.1) is 6.10 Å². The molecule has 128 valence electrons. The van der Waals surface area contributed by atoms with Gasteiger partial charge in [0.15, 0.2) is 0 Å². The largest absolute Gasteiger partial charge is 0.462 e. The Morgan fingerprint density at radius 1 is 1.50 bits per heavy atom. The molecule has 4 nitrogen and oxygen atoms in total. The molecule has 1 fully saturated rings. The lowest BCUT2D eigenvalue weighted by molar-refractivity contribution is -0.321. The summed E-state index contributed by atoms with van der Waals surface area (Å²) in [6, 6.07) is 1.13. The number of rotatable bonds is 9. The van der Waals surface area contributed by atoms with E-state index in [9.17, 15) is 4.79 Å². The van der Waals surface area contributed by atoms with Gasteiger partial charge in [0.1, 0.15) is 11.7 Å². The molecule has 0 aromatic carbocycles. The molecule has 0 spiro atoms. The predicted octanol–water partition coefficient (Wildman–Crippen LogP) is 4.48. The predicted molar refractivity (Wildman–Crippen MR) is 91.4 cm³/mol. The molecule has 0 saturated carbocycles. The third-order valence-electron chi connectivity index (χ3n) is 3.88. The second-order valence-electron chi connectivity index (χ2n) is 7.87. The number of carbonyl (C=O) groups excluding carboxylic acids is 1. The number of ether oxygens (including phenoxy) is 1. The molecule has 3 unspecified atom stereocenters. The zero-order chi connectivity index (χ0) is 16.8. The molecular weight excluding hydrogens is 296 g/mol. The fourth-order valence-corrected chi connectivity index (χ4v) is 4.59. The van der Waals surface area contributed by atoms with Crippen molar-refractivity contribution < 1.29 is 19.3 Å². The smallest absolute Gasteiger partial charge is 0.302 e. The fraction of sp³-hybridized carbons (Fsp3) is 0.824. The first-order valence-corrected chi connectivity index (χ1v) is 12.0. The van der Waals surface area contributed by atoms with Crippen molar-refractivity contribution in [1.29, 1.82) is 0 Å². The van der Waals surface area contributed by atoms with Crippen molar-refractivity contribution in [3.63, 3.8) is 0 Å². The molecule has 1 heterocycles. The zero-order valence-electron chi connectivity index (χ0n) is 14.8. The molecular formula is C17H32O4Si. The van der Waals surface area contributed by atoms with Crippen LogP contribution in [0, 0.1) is 0 Å². The minimum atomic E-state index is -1.14. The Morgan fingerprint density at radius 2 is 2.18 bits per heavy atom. The van der Waals surface area contributed by atoms with Crippen molar-refractivity contribution in [3.05, 3.63) is 12.7 Å². The lowest BCUT2D eigenvalue weighted by Gasteiger charge is -2.22. The van der Waals surface area contributed by atoms with Gasteiger partial charge < -0.3 is 4.74 Å². The van der Waals surface area contributed by atoms with E-state index < -0.39 is 8.07 Å². The normalized spacial score (nSPS) is 26.7. The van der Waals surface area contributed by atoms with Crippen molar-refractivity contribution in [3.8, 4) is 0 Å². The van der Waals surface area contributed by atoms with Crippen LogP contribution in [0.4, 0.5) is 0 Å². The monoisotopic (exact) mass is 328 g/mol. The van der Waals surface area contributed by atoms with Crippen LogP contribution in [-0.4, -0.2) is 31.9 Å². The summed E-state index contributed by atoms with van der Waals surface area (Å²) in [5.74, 6) is -0.228. The number of carbonyl (C=O) groups is 1.